The van der Waals surface area contributed by atoms with E-state index < -0.39 is 0 Å². The highest BCUT2D eigenvalue weighted by Crippen LogP contribution is 2.23. The molecule has 1 aromatic heterocycles. The van der Waals surface area contributed by atoms with Gasteiger partial charge in [-0.25, -0.2) is 0 Å². The van der Waals surface area contributed by atoms with Crippen LogP contribution in [0.1, 0.15) is 29.8 Å². The largest absolute Gasteiger partial charge is 0.283 e. The summed E-state index contributed by atoms with van der Waals surface area (Å²) in [6.07, 6.45) is 2.85. The van der Waals surface area contributed by atoms with Gasteiger partial charge in [0.1, 0.15) is 0 Å². The summed E-state index contributed by atoms with van der Waals surface area (Å²) in [4.78, 5) is 12.7. The number of hydrogen-bond acceptors (Lipinski definition) is 1. The molecule has 0 radical (unpaired) electrons. The SMILES string of the molecule is CC(C)Cc1cccc2ccn(C(=O)c3ccccc3)c12. The van der Waals surface area contributed by atoms with Gasteiger partial charge >= 0.3 is 0 Å². The normalized spacial score (nSPS) is 11.2. The van der Waals surface area contributed by atoms with Gasteiger partial charge in [0.2, 0.25) is 0 Å². The van der Waals surface area contributed by atoms with Crippen LogP contribution in [-0.2, 0) is 6.42 Å². The van der Waals surface area contributed by atoms with E-state index in [0.29, 0.717) is 11.5 Å². The summed E-state index contributed by atoms with van der Waals surface area (Å²) >= 11 is 0. The van der Waals surface area contributed by atoms with Crippen molar-refractivity contribution in [3.8, 4) is 0 Å². The van der Waals surface area contributed by atoms with E-state index in [9.17, 15) is 4.79 Å². The van der Waals surface area contributed by atoms with Crippen LogP contribution in [0.3, 0.4) is 0 Å². The van der Waals surface area contributed by atoms with Crippen LogP contribution in [0.25, 0.3) is 10.9 Å². The second kappa shape index (κ2) is 5.57. The van der Waals surface area contributed by atoms with Gasteiger partial charge in [-0.05, 0) is 36.1 Å². The van der Waals surface area contributed by atoms with Crippen LogP contribution >= 0.6 is 0 Å². The summed E-state index contributed by atoms with van der Waals surface area (Å²) in [5.74, 6) is 0.590. The molecule has 0 amide bonds. The molecular formula is C19H19NO. The number of benzene rings is 2. The summed E-state index contributed by atoms with van der Waals surface area (Å²) in [7, 11) is 0. The standard InChI is InChI=1S/C19H19NO/c1-14(2)13-17-10-6-9-15-11-12-20(18(15)17)19(21)16-7-4-3-5-8-16/h3-12,14H,13H2,1-2H3. The van der Waals surface area contributed by atoms with Gasteiger partial charge in [-0.2, -0.15) is 0 Å². The second-order valence-electron chi connectivity index (χ2n) is 5.81. The van der Waals surface area contributed by atoms with Crippen molar-refractivity contribution in [2.45, 2.75) is 20.3 Å². The Kier molecular flexibility index (Phi) is 3.61. The molecule has 0 aliphatic rings. The molecule has 2 nitrogen and oxygen atoms in total. The molecule has 3 rings (SSSR count). The predicted octanol–water partition coefficient (Wildman–Crippen LogP) is 4.53. The first-order valence-electron chi connectivity index (χ1n) is 7.35. The van der Waals surface area contributed by atoms with Crippen LogP contribution in [-0.4, -0.2) is 10.5 Å². The molecule has 0 saturated heterocycles. The zero-order chi connectivity index (χ0) is 14.8. The number of para-hydroxylation sites is 1. The molecule has 0 aliphatic heterocycles. The molecule has 0 fully saturated rings. The van der Waals surface area contributed by atoms with Crippen LogP contribution in [0.4, 0.5) is 0 Å². The molecule has 0 N–H and O–H groups in total. The second-order valence-corrected chi connectivity index (χ2v) is 5.81. The van der Waals surface area contributed by atoms with Gasteiger partial charge in [0.25, 0.3) is 5.91 Å². The summed E-state index contributed by atoms with van der Waals surface area (Å²) in [6.45, 7) is 4.40. The topological polar surface area (TPSA) is 22.0 Å². The first kappa shape index (κ1) is 13.6. The number of carbonyl (C=O) groups is 1. The van der Waals surface area contributed by atoms with Gasteiger partial charge < -0.3 is 0 Å². The van der Waals surface area contributed by atoms with Crippen molar-refractivity contribution in [1.82, 2.24) is 4.57 Å². The maximum absolute atomic E-state index is 12.7. The third-order valence-electron chi connectivity index (χ3n) is 3.66. The molecule has 2 heteroatoms. The number of aromatic nitrogens is 1. The first-order chi connectivity index (χ1) is 10.2. The maximum atomic E-state index is 12.7. The van der Waals surface area contributed by atoms with Crippen molar-refractivity contribution in [1.29, 1.82) is 0 Å². The lowest BCUT2D eigenvalue weighted by Crippen LogP contribution is -2.12. The van der Waals surface area contributed by atoms with Gasteiger partial charge in [0.05, 0.1) is 5.52 Å². The fourth-order valence-corrected chi connectivity index (χ4v) is 2.76. The highest BCUT2D eigenvalue weighted by molar-refractivity contribution is 6.02. The molecule has 3 aromatic rings. The van der Waals surface area contributed by atoms with Crippen molar-refractivity contribution in [2.24, 2.45) is 5.92 Å². The van der Waals surface area contributed by atoms with E-state index in [0.717, 1.165) is 17.3 Å². The molecule has 0 atom stereocenters. The maximum Gasteiger partial charge on any atom is 0.262 e. The molecule has 0 saturated carbocycles. The Morgan fingerprint density at radius 1 is 1.00 bits per heavy atom. The van der Waals surface area contributed by atoms with Crippen LogP contribution in [0.5, 0.6) is 0 Å². The molecular weight excluding hydrogens is 258 g/mol. The number of rotatable bonds is 3. The van der Waals surface area contributed by atoms with E-state index >= 15 is 0 Å². The fraction of sp³-hybridized carbons (Fsp3) is 0.211. The minimum atomic E-state index is 0.0295. The van der Waals surface area contributed by atoms with E-state index in [1.807, 2.05) is 42.6 Å². The minimum Gasteiger partial charge on any atom is -0.283 e. The van der Waals surface area contributed by atoms with Crippen molar-refractivity contribution in [2.75, 3.05) is 0 Å². The summed E-state index contributed by atoms with van der Waals surface area (Å²) in [5.41, 5.74) is 2.99. The number of nitrogens with zero attached hydrogens (tertiary/aromatic N) is 1. The molecule has 0 aliphatic carbocycles. The molecule has 21 heavy (non-hydrogen) atoms. The summed E-state index contributed by atoms with van der Waals surface area (Å²) in [5, 5.41) is 1.12. The van der Waals surface area contributed by atoms with Crippen LogP contribution in [0, 0.1) is 5.92 Å². The van der Waals surface area contributed by atoms with E-state index in [2.05, 4.69) is 32.0 Å². The van der Waals surface area contributed by atoms with Crippen molar-refractivity contribution in [3.63, 3.8) is 0 Å². The Morgan fingerprint density at radius 2 is 1.76 bits per heavy atom. The third kappa shape index (κ3) is 2.62. The summed E-state index contributed by atoms with van der Waals surface area (Å²) < 4.78 is 1.78. The van der Waals surface area contributed by atoms with E-state index in [4.69, 9.17) is 0 Å². The molecule has 2 aromatic carbocycles. The highest BCUT2D eigenvalue weighted by Gasteiger charge is 2.14. The molecule has 0 bridgehead atoms. The van der Waals surface area contributed by atoms with Gasteiger partial charge in [0, 0.05) is 17.1 Å². The highest BCUT2D eigenvalue weighted by atomic mass is 16.2. The molecule has 106 valence electrons. The van der Waals surface area contributed by atoms with E-state index in [-0.39, 0.29) is 5.91 Å². The van der Waals surface area contributed by atoms with Crippen molar-refractivity contribution >= 4 is 16.8 Å². The number of fused-ring (bicyclic) bond motifs is 1. The first-order valence-corrected chi connectivity index (χ1v) is 7.35. The number of carbonyl (C=O) groups excluding carboxylic acids is 1. The summed E-state index contributed by atoms with van der Waals surface area (Å²) in [6, 6.07) is 17.7. The van der Waals surface area contributed by atoms with Gasteiger partial charge in [-0.15, -0.1) is 0 Å². The Morgan fingerprint density at radius 3 is 2.48 bits per heavy atom. The smallest absolute Gasteiger partial charge is 0.262 e. The van der Waals surface area contributed by atoms with Gasteiger partial charge in [-0.3, -0.25) is 9.36 Å². The lowest BCUT2D eigenvalue weighted by molar-refractivity contribution is 0.0965. The molecule has 0 spiro atoms. The van der Waals surface area contributed by atoms with Gasteiger partial charge in [0.15, 0.2) is 0 Å². The Hall–Kier alpha value is -2.35. The Balaban J connectivity index is 2.13. The van der Waals surface area contributed by atoms with Crippen LogP contribution < -0.4 is 0 Å². The number of hydrogen-bond donors (Lipinski definition) is 0. The fourth-order valence-electron chi connectivity index (χ4n) is 2.76. The average molecular weight is 277 g/mol. The van der Waals surface area contributed by atoms with E-state index in [1.165, 1.54) is 5.56 Å². The van der Waals surface area contributed by atoms with Crippen molar-refractivity contribution < 1.29 is 4.79 Å². The van der Waals surface area contributed by atoms with Crippen molar-refractivity contribution in [3.05, 3.63) is 71.9 Å². The van der Waals surface area contributed by atoms with E-state index in [1.54, 1.807) is 4.57 Å². The zero-order valence-corrected chi connectivity index (χ0v) is 12.4. The zero-order valence-electron chi connectivity index (χ0n) is 12.4. The average Bonchev–Trinajstić information content (AvgIpc) is 2.92. The minimum absolute atomic E-state index is 0.0295. The lowest BCUT2D eigenvalue weighted by Gasteiger charge is -2.11. The van der Waals surface area contributed by atoms with Crippen LogP contribution in [0.2, 0.25) is 0 Å². The van der Waals surface area contributed by atoms with Gasteiger partial charge in [-0.1, -0.05) is 50.2 Å². The quantitative estimate of drug-likeness (QED) is 0.689. The van der Waals surface area contributed by atoms with Crippen LogP contribution in [0.15, 0.2) is 60.8 Å². The Bertz CT molecular complexity index is 769. The molecule has 1 heterocycles. The Labute approximate surface area is 125 Å². The third-order valence-corrected chi connectivity index (χ3v) is 3.66. The molecule has 0 unspecified atom stereocenters. The predicted molar refractivity (Wildman–Crippen MR) is 86.7 cm³/mol. The lowest BCUT2D eigenvalue weighted by atomic mass is 10.0. The monoisotopic (exact) mass is 277 g/mol.